The second-order valence-corrected chi connectivity index (χ2v) is 10.3. The highest BCUT2D eigenvalue weighted by Crippen LogP contribution is 2.32. The smallest absolute Gasteiger partial charge is 0.224 e. The molecule has 6 heterocycles. The van der Waals surface area contributed by atoms with Crippen LogP contribution in [0.4, 0.5) is 5.69 Å². The monoisotopic (exact) mass is 529 g/mol. The topological polar surface area (TPSA) is 138 Å². The lowest BCUT2D eigenvalue weighted by Crippen LogP contribution is -2.18. The number of amides is 1. The number of aromatic nitrogens is 8. The summed E-state index contributed by atoms with van der Waals surface area (Å²) in [6, 6.07) is 11.5. The Morgan fingerprint density at radius 2 is 1.82 bits per heavy atom. The zero-order chi connectivity index (χ0) is 26.9. The predicted molar refractivity (Wildman–Crippen MR) is 153 cm³/mol. The first-order chi connectivity index (χ1) is 19.7. The van der Waals surface area contributed by atoms with Gasteiger partial charge in [0.1, 0.15) is 16.9 Å². The third-order valence-electron chi connectivity index (χ3n) is 7.50. The Bertz CT molecular complexity index is 1820. The lowest BCUT2D eigenvalue weighted by atomic mass is 9.87. The van der Waals surface area contributed by atoms with Crippen LogP contribution in [0, 0.1) is 5.92 Å². The van der Waals surface area contributed by atoms with Gasteiger partial charge >= 0.3 is 0 Å². The molecule has 0 unspecified atom stereocenters. The number of carbonyl (C=O) groups excluding carboxylic acids is 1. The normalized spacial score (nSPS) is 14.1. The van der Waals surface area contributed by atoms with Crippen LogP contribution in [-0.4, -0.2) is 46.0 Å². The second-order valence-electron chi connectivity index (χ2n) is 10.3. The molecule has 1 amide bonds. The van der Waals surface area contributed by atoms with E-state index in [-0.39, 0.29) is 5.91 Å². The molecule has 1 aliphatic carbocycles. The van der Waals surface area contributed by atoms with Crippen LogP contribution in [-0.2, 0) is 4.79 Å². The zero-order valence-corrected chi connectivity index (χ0v) is 21.8. The predicted octanol–water partition coefficient (Wildman–Crippen LogP) is 5.93. The average Bonchev–Trinajstić information content (AvgIpc) is 3.62. The summed E-state index contributed by atoms with van der Waals surface area (Å²) >= 11 is 0. The molecule has 0 aromatic carbocycles. The molecule has 198 valence electrons. The number of pyridine rings is 4. The minimum absolute atomic E-state index is 0.0426. The molecule has 0 spiro atoms. The molecule has 7 rings (SSSR count). The van der Waals surface area contributed by atoms with Crippen molar-refractivity contribution in [2.45, 2.75) is 38.5 Å². The summed E-state index contributed by atoms with van der Waals surface area (Å²) in [6.07, 6.45) is 15.3. The fourth-order valence-corrected chi connectivity index (χ4v) is 5.51. The molecule has 0 bridgehead atoms. The lowest BCUT2D eigenvalue weighted by molar-refractivity contribution is -0.117. The molecule has 0 saturated heterocycles. The van der Waals surface area contributed by atoms with Crippen molar-refractivity contribution < 1.29 is 4.79 Å². The number of nitrogens with zero attached hydrogens (tertiary/aromatic N) is 6. The van der Waals surface area contributed by atoms with Crippen LogP contribution in [0.5, 0.6) is 0 Å². The number of nitrogens with one attached hydrogen (secondary N) is 3. The van der Waals surface area contributed by atoms with Gasteiger partial charge < -0.3 is 10.3 Å². The van der Waals surface area contributed by atoms with Crippen molar-refractivity contribution in [1.29, 1.82) is 0 Å². The van der Waals surface area contributed by atoms with Gasteiger partial charge in [0.15, 0.2) is 11.5 Å². The van der Waals surface area contributed by atoms with Crippen LogP contribution < -0.4 is 5.32 Å². The summed E-state index contributed by atoms with van der Waals surface area (Å²) in [6.45, 7) is 0. The van der Waals surface area contributed by atoms with Gasteiger partial charge in [-0.05, 0) is 49.1 Å². The minimum Gasteiger partial charge on any atom is -0.336 e. The van der Waals surface area contributed by atoms with Crippen LogP contribution in [0.1, 0.15) is 38.5 Å². The van der Waals surface area contributed by atoms with Crippen LogP contribution in [0.3, 0.4) is 0 Å². The van der Waals surface area contributed by atoms with E-state index in [4.69, 9.17) is 4.98 Å². The lowest BCUT2D eigenvalue weighted by Gasteiger charge is -2.20. The van der Waals surface area contributed by atoms with E-state index in [0.717, 1.165) is 46.1 Å². The maximum Gasteiger partial charge on any atom is 0.224 e. The van der Waals surface area contributed by atoms with E-state index in [9.17, 15) is 4.79 Å². The van der Waals surface area contributed by atoms with E-state index in [0.29, 0.717) is 40.9 Å². The zero-order valence-electron chi connectivity index (χ0n) is 21.8. The van der Waals surface area contributed by atoms with Crippen LogP contribution >= 0.6 is 0 Å². The minimum atomic E-state index is 0.0426. The third kappa shape index (κ3) is 4.68. The molecule has 6 aromatic rings. The Morgan fingerprint density at radius 3 is 2.70 bits per heavy atom. The van der Waals surface area contributed by atoms with Crippen molar-refractivity contribution in [1.82, 2.24) is 40.1 Å². The standard InChI is InChI=1S/C30H27N9O/c40-25(12-18-6-2-1-3-7-18)35-21-13-19(15-31-17-21)20-14-22-26(38-39-29(22)34-16-20)30-36-24-9-11-33-27(28(24)37-30)23-8-4-5-10-32-23/h4-5,8-11,13-18H,1-3,6-7,12H2,(H,35,40)(H,36,37)(H,34,38,39). The molecule has 0 atom stereocenters. The second kappa shape index (κ2) is 10.3. The van der Waals surface area contributed by atoms with Crippen molar-refractivity contribution in [3.05, 3.63) is 67.4 Å². The van der Waals surface area contributed by atoms with Crippen LogP contribution in [0.25, 0.3) is 56.1 Å². The highest BCUT2D eigenvalue weighted by molar-refractivity contribution is 5.96. The van der Waals surface area contributed by atoms with Gasteiger partial charge in [0, 0.05) is 42.3 Å². The number of hydrogen-bond donors (Lipinski definition) is 3. The van der Waals surface area contributed by atoms with E-state index in [1.165, 1.54) is 19.3 Å². The summed E-state index contributed by atoms with van der Waals surface area (Å²) in [4.78, 5) is 38.8. The van der Waals surface area contributed by atoms with E-state index in [1.807, 2.05) is 36.4 Å². The summed E-state index contributed by atoms with van der Waals surface area (Å²) < 4.78 is 0. The number of fused-ring (bicyclic) bond motifs is 2. The molecule has 1 saturated carbocycles. The Hall–Kier alpha value is -4.99. The number of carbonyl (C=O) groups is 1. The van der Waals surface area contributed by atoms with Gasteiger partial charge in [0.25, 0.3) is 0 Å². The van der Waals surface area contributed by atoms with Gasteiger partial charge in [-0.25, -0.2) is 9.97 Å². The quantitative estimate of drug-likeness (QED) is 0.243. The number of aromatic amines is 2. The molecule has 0 radical (unpaired) electrons. The van der Waals surface area contributed by atoms with E-state index in [1.54, 1.807) is 31.0 Å². The summed E-state index contributed by atoms with van der Waals surface area (Å²) in [7, 11) is 0. The van der Waals surface area contributed by atoms with E-state index < -0.39 is 0 Å². The van der Waals surface area contributed by atoms with Crippen molar-refractivity contribution in [3.8, 4) is 34.0 Å². The van der Waals surface area contributed by atoms with Gasteiger partial charge in [-0.1, -0.05) is 25.3 Å². The van der Waals surface area contributed by atoms with Gasteiger partial charge in [-0.3, -0.25) is 24.8 Å². The number of H-pyrrole nitrogens is 2. The molecule has 10 nitrogen and oxygen atoms in total. The third-order valence-corrected chi connectivity index (χ3v) is 7.50. The van der Waals surface area contributed by atoms with Crippen LogP contribution in [0.15, 0.2) is 67.4 Å². The number of rotatable bonds is 6. The molecule has 0 aliphatic heterocycles. The first-order valence-electron chi connectivity index (χ1n) is 13.6. The van der Waals surface area contributed by atoms with Crippen LogP contribution in [0.2, 0.25) is 0 Å². The van der Waals surface area contributed by atoms with E-state index >= 15 is 0 Å². The highest BCUT2D eigenvalue weighted by Gasteiger charge is 2.19. The number of imidazole rings is 1. The van der Waals surface area contributed by atoms with E-state index in [2.05, 4.69) is 40.4 Å². The van der Waals surface area contributed by atoms with Crippen molar-refractivity contribution in [2.24, 2.45) is 5.92 Å². The Kier molecular flexibility index (Phi) is 6.19. The fraction of sp³-hybridized carbons (Fsp3) is 0.233. The highest BCUT2D eigenvalue weighted by atomic mass is 16.1. The SMILES string of the molecule is O=C(CC1CCCCC1)Nc1cncc(-c2cnc3[nH]nc(-c4nc5c(-c6ccccn6)nccc5[nH]4)c3c2)c1. The molecule has 1 aliphatic rings. The Labute approximate surface area is 229 Å². The summed E-state index contributed by atoms with van der Waals surface area (Å²) in [5.41, 5.74) is 6.69. The van der Waals surface area contributed by atoms with Crippen molar-refractivity contribution in [2.75, 3.05) is 5.32 Å². The first kappa shape index (κ1) is 24.1. The van der Waals surface area contributed by atoms with Gasteiger partial charge in [0.2, 0.25) is 5.91 Å². The van der Waals surface area contributed by atoms with Gasteiger partial charge in [-0.2, -0.15) is 5.10 Å². The van der Waals surface area contributed by atoms with Crippen molar-refractivity contribution >= 4 is 33.7 Å². The maximum absolute atomic E-state index is 12.7. The largest absolute Gasteiger partial charge is 0.336 e. The fourth-order valence-electron chi connectivity index (χ4n) is 5.51. The van der Waals surface area contributed by atoms with Crippen molar-refractivity contribution in [3.63, 3.8) is 0 Å². The molecule has 40 heavy (non-hydrogen) atoms. The summed E-state index contributed by atoms with van der Waals surface area (Å²) in [5, 5.41) is 11.4. The molecule has 1 fully saturated rings. The Balaban J connectivity index is 1.19. The molecule has 10 heteroatoms. The summed E-state index contributed by atoms with van der Waals surface area (Å²) in [5.74, 6) is 1.12. The Morgan fingerprint density at radius 1 is 0.925 bits per heavy atom. The van der Waals surface area contributed by atoms with Gasteiger partial charge in [-0.15, -0.1) is 0 Å². The molecular formula is C30H27N9O. The van der Waals surface area contributed by atoms with Gasteiger partial charge in [0.05, 0.1) is 28.5 Å². The maximum atomic E-state index is 12.7. The average molecular weight is 530 g/mol. The first-order valence-corrected chi connectivity index (χ1v) is 13.6. The molecule has 6 aromatic heterocycles. The number of anilines is 1. The number of hydrogen-bond acceptors (Lipinski definition) is 7. The molecular weight excluding hydrogens is 502 g/mol. The molecule has 3 N–H and O–H groups in total.